The van der Waals surface area contributed by atoms with Crippen LogP contribution in [0.3, 0.4) is 0 Å². The van der Waals surface area contributed by atoms with E-state index in [9.17, 15) is 19.2 Å². The molecule has 1 aromatic carbocycles. The highest BCUT2D eigenvalue weighted by atomic mass is 16.2. The van der Waals surface area contributed by atoms with Crippen LogP contribution in [-0.2, 0) is 9.59 Å². The quantitative estimate of drug-likeness (QED) is 0.774. The number of amides is 3. The molecule has 2 N–H and O–H groups in total. The van der Waals surface area contributed by atoms with Gasteiger partial charge in [-0.3, -0.25) is 19.2 Å². The number of nitrogens with zero attached hydrogens (tertiary/aromatic N) is 3. The van der Waals surface area contributed by atoms with Crippen molar-refractivity contribution in [3.05, 3.63) is 58.0 Å². The summed E-state index contributed by atoms with van der Waals surface area (Å²) in [5.74, 6) is -0.619. The van der Waals surface area contributed by atoms with Gasteiger partial charge in [0.25, 0.3) is 11.5 Å². The summed E-state index contributed by atoms with van der Waals surface area (Å²) in [5.41, 5.74) is 1.42. The number of benzene rings is 1. The Kier molecular flexibility index (Phi) is 5.83. The van der Waals surface area contributed by atoms with E-state index in [4.69, 9.17) is 0 Å². The smallest absolute Gasteiger partial charge is 0.274 e. The summed E-state index contributed by atoms with van der Waals surface area (Å²) in [5, 5.41) is 9.19. The van der Waals surface area contributed by atoms with E-state index in [0.717, 1.165) is 24.1 Å². The summed E-state index contributed by atoms with van der Waals surface area (Å²) in [4.78, 5) is 52.7. The number of anilines is 1. The lowest BCUT2D eigenvalue weighted by molar-refractivity contribution is -0.127. The Hall–Kier alpha value is -3.49. The highest BCUT2D eigenvalue weighted by molar-refractivity contribution is 5.96. The van der Waals surface area contributed by atoms with Crippen molar-refractivity contribution in [2.75, 3.05) is 18.0 Å². The Morgan fingerprint density at radius 3 is 2.61 bits per heavy atom. The minimum absolute atomic E-state index is 0.0327. The number of nitrogens with one attached hydrogen (secondary N) is 2. The minimum Gasteiger partial charge on any atom is -0.347 e. The van der Waals surface area contributed by atoms with Crippen LogP contribution < -0.4 is 15.8 Å². The van der Waals surface area contributed by atoms with Gasteiger partial charge in [0, 0.05) is 31.8 Å². The van der Waals surface area contributed by atoms with Crippen LogP contribution in [0.4, 0.5) is 5.69 Å². The van der Waals surface area contributed by atoms with E-state index >= 15 is 0 Å². The molecule has 1 saturated heterocycles. The number of carbonyl (C=O) groups is 3. The van der Waals surface area contributed by atoms with E-state index in [1.165, 1.54) is 24.0 Å². The Morgan fingerprint density at radius 1 is 1.06 bits per heavy atom. The lowest BCUT2D eigenvalue weighted by Gasteiger charge is -2.38. The Balaban J connectivity index is 1.53. The molecular weight excluding hydrogens is 398 g/mol. The summed E-state index contributed by atoms with van der Waals surface area (Å²) >= 11 is 0. The fourth-order valence-corrected chi connectivity index (χ4v) is 4.37. The first-order valence-corrected chi connectivity index (χ1v) is 10.5. The first kappa shape index (κ1) is 20.8. The number of para-hydroxylation sites is 1. The molecule has 2 unspecified atom stereocenters. The van der Waals surface area contributed by atoms with E-state index in [-0.39, 0.29) is 35.0 Å². The molecule has 0 radical (unpaired) electrons. The molecule has 0 aliphatic carbocycles. The number of carbonyl (C=O) groups excluding carboxylic acids is 3. The van der Waals surface area contributed by atoms with Crippen molar-refractivity contribution in [1.82, 2.24) is 20.4 Å². The van der Waals surface area contributed by atoms with Crippen LogP contribution in [0.5, 0.6) is 0 Å². The highest BCUT2D eigenvalue weighted by Crippen LogP contribution is 2.34. The first-order valence-electron chi connectivity index (χ1n) is 10.5. The van der Waals surface area contributed by atoms with Gasteiger partial charge in [0.15, 0.2) is 0 Å². The van der Waals surface area contributed by atoms with Crippen LogP contribution in [0.1, 0.15) is 54.7 Å². The molecule has 1 fully saturated rings. The summed E-state index contributed by atoms with van der Waals surface area (Å²) < 4.78 is 0. The highest BCUT2D eigenvalue weighted by Gasteiger charge is 2.35. The van der Waals surface area contributed by atoms with E-state index in [1.54, 1.807) is 4.90 Å². The second-order valence-corrected chi connectivity index (χ2v) is 7.90. The Labute approximate surface area is 179 Å². The SMILES string of the molecule is CC(=O)N1CCC(NC(=O)C2CCCCN2C(=O)c2ccc(=O)[nH]n2)c2ccccc21. The summed E-state index contributed by atoms with van der Waals surface area (Å²) in [6.45, 7) is 2.51. The van der Waals surface area contributed by atoms with Crippen LogP contribution >= 0.6 is 0 Å². The lowest BCUT2D eigenvalue weighted by atomic mass is 9.94. The third-order valence-corrected chi connectivity index (χ3v) is 5.91. The number of piperidine rings is 1. The molecule has 3 amide bonds. The molecule has 0 spiro atoms. The third-order valence-electron chi connectivity index (χ3n) is 5.91. The van der Waals surface area contributed by atoms with Crippen LogP contribution in [0.15, 0.2) is 41.2 Å². The van der Waals surface area contributed by atoms with Gasteiger partial charge in [-0.1, -0.05) is 18.2 Å². The van der Waals surface area contributed by atoms with Crippen molar-refractivity contribution in [3.63, 3.8) is 0 Å². The molecule has 9 nitrogen and oxygen atoms in total. The molecule has 0 bridgehead atoms. The second kappa shape index (κ2) is 8.71. The van der Waals surface area contributed by atoms with Crippen LogP contribution in [0.25, 0.3) is 0 Å². The molecule has 2 aliphatic rings. The number of rotatable bonds is 3. The molecule has 2 aromatic rings. The molecular formula is C22H25N5O4. The average Bonchev–Trinajstić information content (AvgIpc) is 2.79. The molecule has 0 saturated carbocycles. The molecule has 2 atom stereocenters. The van der Waals surface area contributed by atoms with Crippen molar-refractivity contribution >= 4 is 23.4 Å². The zero-order valence-electron chi connectivity index (χ0n) is 17.3. The number of fused-ring (bicyclic) bond motifs is 1. The van der Waals surface area contributed by atoms with Gasteiger partial charge in [0.2, 0.25) is 11.8 Å². The van der Waals surface area contributed by atoms with E-state index < -0.39 is 6.04 Å². The number of aromatic amines is 1. The predicted molar refractivity (Wildman–Crippen MR) is 114 cm³/mol. The van der Waals surface area contributed by atoms with Crippen molar-refractivity contribution in [2.24, 2.45) is 0 Å². The number of aromatic nitrogens is 2. The second-order valence-electron chi connectivity index (χ2n) is 7.90. The molecule has 162 valence electrons. The third kappa shape index (κ3) is 4.21. The van der Waals surface area contributed by atoms with Crippen molar-refractivity contribution in [3.8, 4) is 0 Å². The number of hydrogen-bond acceptors (Lipinski definition) is 5. The maximum absolute atomic E-state index is 13.2. The Bertz CT molecular complexity index is 1050. The number of hydrogen-bond donors (Lipinski definition) is 2. The monoisotopic (exact) mass is 423 g/mol. The Morgan fingerprint density at radius 2 is 1.87 bits per heavy atom. The van der Waals surface area contributed by atoms with Crippen molar-refractivity contribution in [2.45, 2.75) is 44.7 Å². The molecule has 1 aromatic heterocycles. The van der Waals surface area contributed by atoms with Crippen LogP contribution in [-0.4, -0.2) is 52.0 Å². The standard InChI is InChI=1S/C22H25N5O4/c1-14(28)26-13-11-16(15-6-2-3-7-18(15)26)23-21(30)19-8-4-5-12-27(19)22(31)17-9-10-20(29)25-24-17/h2-3,6-7,9-10,16,19H,4-5,8,11-13H2,1H3,(H,23,30)(H,25,29). The van der Waals surface area contributed by atoms with Gasteiger partial charge >= 0.3 is 0 Å². The molecule has 9 heteroatoms. The van der Waals surface area contributed by atoms with E-state index in [0.29, 0.717) is 25.9 Å². The largest absolute Gasteiger partial charge is 0.347 e. The van der Waals surface area contributed by atoms with E-state index in [2.05, 4.69) is 15.5 Å². The molecule has 3 heterocycles. The van der Waals surface area contributed by atoms with Gasteiger partial charge in [-0.05, 0) is 43.4 Å². The van der Waals surface area contributed by atoms with Crippen LogP contribution in [0.2, 0.25) is 0 Å². The van der Waals surface area contributed by atoms with E-state index in [1.807, 2.05) is 24.3 Å². The minimum atomic E-state index is -0.604. The van der Waals surface area contributed by atoms with Crippen molar-refractivity contribution in [1.29, 1.82) is 0 Å². The molecule has 4 rings (SSSR count). The average molecular weight is 423 g/mol. The predicted octanol–water partition coefficient (Wildman–Crippen LogP) is 1.38. The van der Waals surface area contributed by atoms with Crippen molar-refractivity contribution < 1.29 is 14.4 Å². The van der Waals surface area contributed by atoms with Gasteiger partial charge in [0.1, 0.15) is 11.7 Å². The summed E-state index contributed by atoms with van der Waals surface area (Å²) in [7, 11) is 0. The summed E-state index contributed by atoms with van der Waals surface area (Å²) in [6, 6.07) is 9.35. The van der Waals surface area contributed by atoms with Gasteiger partial charge < -0.3 is 15.1 Å². The maximum atomic E-state index is 13.2. The molecule has 31 heavy (non-hydrogen) atoms. The fraction of sp³-hybridized carbons (Fsp3) is 0.409. The van der Waals surface area contributed by atoms with Gasteiger partial charge in [-0.15, -0.1) is 0 Å². The summed E-state index contributed by atoms with van der Waals surface area (Å²) in [6.07, 6.45) is 2.82. The maximum Gasteiger partial charge on any atom is 0.274 e. The van der Waals surface area contributed by atoms with Crippen LogP contribution in [0, 0.1) is 0 Å². The number of H-pyrrole nitrogens is 1. The zero-order chi connectivity index (χ0) is 22.0. The van der Waals surface area contributed by atoms with Gasteiger partial charge in [0.05, 0.1) is 6.04 Å². The first-order chi connectivity index (χ1) is 15.0. The van der Waals surface area contributed by atoms with Gasteiger partial charge in [-0.2, -0.15) is 5.10 Å². The lowest BCUT2D eigenvalue weighted by Crippen LogP contribution is -2.53. The number of likely N-dealkylation sites (tertiary alicyclic amines) is 1. The fourth-order valence-electron chi connectivity index (χ4n) is 4.37. The normalized spacial score (nSPS) is 20.7. The zero-order valence-corrected chi connectivity index (χ0v) is 17.3. The molecule has 2 aliphatic heterocycles. The topological polar surface area (TPSA) is 115 Å². The van der Waals surface area contributed by atoms with Gasteiger partial charge in [-0.25, -0.2) is 5.10 Å².